The standard InChI is InChI=1S/C11H22O2/c1-10(2)6-4-8-13-9-5-7-11(3)12/h10H,4-9H2,1-3H3. The highest BCUT2D eigenvalue weighted by atomic mass is 16.5. The first-order valence-electron chi connectivity index (χ1n) is 5.20. The van der Waals surface area contributed by atoms with Gasteiger partial charge in [-0.1, -0.05) is 13.8 Å². The van der Waals surface area contributed by atoms with E-state index in [1.165, 1.54) is 6.42 Å². The summed E-state index contributed by atoms with van der Waals surface area (Å²) in [6.07, 6.45) is 3.89. The largest absolute Gasteiger partial charge is 0.381 e. The fourth-order valence-corrected chi connectivity index (χ4v) is 1.12. The molecule has 0 fully saturated rings. The Labute approximate surface area is 81.7 Å². The zero-order valence-electron chi connectivity index (χ0n) is 9.14. The molecule has 0 aromatic heterocycles. The second-order valence-electron chi connectivity index (χ2n) is 3.95. The van der Waals surface area contributed by atoms with Gasteiger partial charge in [-0.2, -0.15) is 0 Å². The average Bonchev–Trinajstić information content (AvgIpc) is 2.01. The second-order valence-corrected chi connectivity index (χ2v) is 3.95. The molecule has 0 saturated carbocycles. The van der Waals surface area contributed by atoms with Gasteiger partial charge in [-0.3, -0.25) is 0 Å². The Bertz CT molecular complexity index is 130. The number of hydrogen-bond acceptors (Lipinski definition) is 2. The maximum atomic E-state index is 10.6. The van der Waals surface area contributed by atoms with Gasteiger partial charge < -0.3 is 9.53 Å². The maximum Gasteiger partial charge on any atom is 0.129 e. The van der Waals surface area contributed by atoms with Crippen LogP contribution in [0.2, 0.25) is 0 Å². The fourth-order valence-electron chi connectivity index (χ4n) is 1.12. The monoisotopic (exact) mass is 186 g/mol. The minimum Gasteiger partial charge on any atom is -0.381 e. The van der Waals surface area contributed by atoms with Crippen LogP contribution in [0.5, 0.6) is 0 Å². The minimum absolute atomic E-state index is 0.255. The summed E-state index contributed by atoms with van der Waals surface area (Å²) >= 11 is 0. The normalized spacial score (nSPS) is 10.8. The summed E-state index contributed by atoms with van der Waals surface area (Å²) in [5.41, 5.74) is 0. The number of hydrogen-bond donors (Lipinski definition) is 0. The topological polar surface area (TPSA) is 26.3 Å². The molecule has 2 heteroatoms. The van der Waals surface area contributed by atoms with E-state index in [2.05, 4.69) is 13.8 Å². The Morgan fingerprint density at radius 1 is 1.23 bits per heavy atom. The quantitative estimate of drug-likeness (QED) is 0.545. The van der Waals surface area contributed by atoms with Crippen molar-refractivity contribution >= 4 is 5.78 Å². The highest BCUT2D eigenvalue weighted by molar-refractivity contribution is 5.75. The molecule has 0 aromatic rings. The van der Waals surface area contributed by atoms with Crippen LogP contribution in [0.25, 0.3) is 0 Å². The number of Topliss-reactive ketones (excluding diaryl/α,β-unsaturated/α-hetero) is 1. The van der Waals surface area contributed by atoms with Crippen LogP contribution in [-0.2, 0) is 9.53 Å². The lowest BCUT2D eigenvalue weighted by molar-refractivity contribution is -0.117. The van der Waals surface area contributed by atoms with Crippen LogP contribution in [-0.4, -0.2) is 19.0 Å². The minimum atomic E-state index is 0.255. The Kier molecular flexibility index (Phi) is 8.00. The molecule has 2 nitrogen and oxygen atoms in total. The van der Waals surface area contributed by atoms with E-state index in [9.17, 15) is 4.79 Å². The molecule has 0 saturated heterocycles. The number of carbonyl (C=O) groups is 1. The van der Waals surface area contributed by atoms with E-state index in [1.54, 1.807) is 6.92 Å². The molecule has 0 aliphatic heterocycles. The van der Waals surface area contributed by atoms with Gasteiger partial charge in [0.15, 0.2) is 0 Å². The third-order valence-electron chi connectivity index (χ3n) is 1.89. The van der Waals surface area contributed by atoms with Gasteiger partial charge in [0.05, 0.1) is 0 Å². The Balaban J connectivity index is 2.96. The van der Waals surface area contributed by atoms with E-state index in [0.717, 1.165) is 32.0 Å². The van der Waals surface area contributed by atoms with Gasteiger partial charge in [-0.05, 0) is 32.1 Å². The zero-order chi connectivity index (χ0) is 10.1. The van der Waals surface area contributed by atoms with E-state index in [0.29, 0.717) is 6.42 Å². The van der Waals surface area contributed by atoms with Crippen LogP contribution in [0.3, 0.4) is 0 Å². The number of rotatable bonds is 8. The number of ketones is 1. The van der Waals surface area contributed by atoms with Crippen LogP contribution < -0.4 is 0 Å². The lowest BCUT2D eigenvalue weighted by atomic mass is 10.1. The van der Waals surface area contributed by atoms with E-state index in [4.69, 9.17) is 4.74 Å². The Hall–Kier alpha value is -0.370. The SMILES string of the molecule is CC(=O)CCCOCCCC(C)C. The molecule has 0 spiro atoms. The third kappa shape index (κ3) is 11.6. The predicted molar refractivity (Wildman–Crippen MR) is 54.8 cm³/mol. The third-order valence-corrected chi connectivity index (χ3v) is 1.89. The molecule has 0 unspecified atom stereocenters. The summed E-state index contributed by atoms with van der Waals surface area (Å²) in [6, 6.07) is 0. The lowest BCUT2D eigenvalue weighted by Crippen LogP contribution is -2.00. The van der Waals surface area contributed by atoms with Gasteiger partial charge in [-0.15, -0.1) is 0 Å². The van der Waals surface area contributed by atoms with Crippen molar-refractivity contribution in [3.05, 3.63) is 0 Å². The Morgan fingerprint density at radius 2 is 1.85 bits per heavy atom. The van der Waals surface area contributed by atoms with Gasteiger partial charge in [0.2, 0.25) is 0 Å². The molecule has 78 valence electrons. The van der Waals surface area contributed by atoms with Crippen molar-refractivity contribution in [2.75, 3.05) is 13.2 Å². The van der Waals surface area contributed by atoms with Gasteiger partial charge >= 0.3 is 0 Å². The zero-order valence-corrected chi connectivity index (χ0v) is 9.14. The molecule has 0 rings (SSSR count). The van der Waals surface area contributed by atoms with E-state index < -0.39 is 0 Å². The molecular formula is C11H22O2. The predicted octanol–water partition coefficient (Wildman–Crippen LogP) is 2.81. The van der Waals surface area contributed by atoms with Crippen LogP contribution in [0.15, 0.2) is 0 Å². The van der Waals surface area contributed by atoms with E-state index >= 15 is 0 Å². The van der Waals surface area contributed by atoms with Crippen molar-refractivity contribution in [1.29, 1.82) is 0 Å². The molecule has 0 N–H and O–H groups in total. The molecule has 13 heavy (non-hydrogen) atoms. The van der Waals surface area contributed by atoms with Gasteiger partial charge in [0, 0.05) is 19.6 Å². The van der Waals surface area contributed by atoms with Gasteiger partial charge in [-0.25, -0.2) is 0 Å². The van der Waals surface area contributed by atoms with Crippen molar-refractivity contribution < 1.29 is 9.53 Å². The van der Waals surface area contributed by atoms with Crippen molar-refractivity contribution in [3.8, 4) is 0 Å². The molecule has 0 heterocycles. The maximum absolute atomic E-state index is 10.6. The van der Waals surface area contributed by atoms with Crippen LogP contribution in [0, 0.1) is 5.92 Å². The van der Waals surface area contributed by atoms with Crippen molar-refractivity contribution in [2.45, 2.75) is 46.5 Å². The van der Waals surface area contributed by atoms with Crippen molar-refractivity contribution in [1.82, 2.24) is 0 Å². The molecule has 0 radical (unpaired) electrons. The van der Waals surface area contributed by atoms with Crippen LogP contribution in [0.4, 0.5) is 0 Å². The van der Waals surface area contributed by atoms with E-state index in [-0.39, 0.29) is 5.78 Å². The molecule has 0 aliphatic rings. The molecule has 0 aliphatic carbocycles. The van der Waals surface area contributed by atoms with Gasteiger partial charge in [0.25, 0.3) is 0 Å². The average molecular weight is 186 g/mol. The van der Waals surface area contributed by atoms with Crippen LogP contribution in [0.1, 0.15) is 46.5 Å². The van der Waals surface area contributed by atoms with Crippen molar-refractivity contribution in [2.24, 2.45) is 5.92 Å². The molecule has 0 bridgehead atoms. The highest BCUT2D eigenvalue weighted by Crippen LogP contribution is 2.03. The Morgan fingerprint density at radius 3 is 2.38 bits per heavy atom. The summed E-state index contributed by atoms with van der Waals surface area (Å²) in [4.78, 5) is 10.6. The molecular weight excluding hydrogens is 164 g/mol. The first kappa shape index (κ1) is 12.6. The van der Waals surface area contributed by atoms with Crippen LogP contribution >= 0.6 is 0 Å². The highest BCUT2D eigenvalue weighted by Gasteiger charge is 1.95. The van der Waals surface area contributed by atoms with Gasteiger partial charge in [0.1, 0.15) is 5.78 Å². The smallest absolute Gasteiger partial charge is 0.129 e. The summed E-state index contributed by atoms with van der Waals surface area (Å²) in [5.74, 6) is 1.02. The molecule has 0 aromatic carbocycles. The summed E-state index contributed by atoms with van der Waals surface area (Å²) in [7, 11) is 0. The summed E-state index contributed by atoms with van der Waals surface area (Å²) in [5, 5.41) is 0. The number of carbonyl (C=O) groups excluding carboxylic acids is 1. The summed E-state index contributed by atoms with van der Waals surface area (Å²) < 4.78 is 5.38. The lowest BCUT2D eigenvalue weighted by Gasteiger charge is -2.05. The molecule has 0 atom stereocenters. The van der Waals surface area contributed by atoms with E-state index in [1.807, 2.05) is 0 Å². The summed E-state index contributed by atoms with van der Waals surface area (Å²) in [6.45, 7) is 7.64. The van der Waals surface area contributed by atoms with Crippen molar-refractivity contribution in [3.63, 3.8) is 0 Å². The first-order chi connectivity index (χ1) is 6.13. The molecule has 0 amide bonds. The number of ether oxygens (including phenoxy) is 1. The second kappa shape index (κ2) is 8.24. The fraction of sp³-hybridized carbons (Fsp3) is 0.909. The first-order valence-corrected chi connectivity index (χ1v) is 5.20.